The van der Waals surface area contributed by atoms with Crippen molar-refractivity contribution in [2.24, 2.45) is 5.73 Å². The molecule has 1 amide bonds. The van der Waals surface area contributed by atoms with Crippen LogP contribution in [0, 0.1) is 0 Å². The number of aliphatic hydroxyl groups is 1. The molecular weight excluding hydrogens is 286 g/mol. The van der Waals surface area contributed by atoms with Gasteiger partial charge in [-0.25, -0.2) is 4.98 Å². The Kier molecular flexibility index (Phi) is 5.19. The molecule has 0 spiro atoms. The minimum Gasteiger partial charge on any atom is -0.396 e. The predicted molar refractivity (Wildman–Crippen MR) is 72.0 cm³/mol. The van der Waals surface area contributed by atoms with E-state index in [2.05, 4.69) is 4.98 Å². The van der Waals surface area contributed by atoms with Gasteiger partial charge >= 0.3 is 0 Å². The van der Waals surface area contributed by atoms with Gasteiger partial charge in [0.25, 0.3) is 10.1 Å². The maximum Gasteiger partial charge on any atom is 0.261 e. The quantitative estimate of drug-likeness (QED) is 0.652. The largest absolute Gasteiger partial charge is 0.396 e. The van der Waals surface area contributed by atoms with Crippen molar-refractivity contribution in [1.82, 2.24) is 9.38 Å². The van der Waals surface area contributed by atoms with Crippen LogP contribution in [0.2, 0.25) is 0 Å². The summed E-state index contributed by atoms with van der Waals surface area (Å²) in [6.07, 6.45) is 4.63. The minimum absolute atomic E-state index is 0.0621. The zero-order valence-electron chi connectivity index (χ0n) is 10.7. The molecule has 0 saturated carbocycles. The van der Waals surface area contributed by atoms with E-state index in [0.717, 1.165) is 11.3 Å². The summed E-state index contributed by atoms with van der Waals surface area (Å²) >= 11 is 0. The first kappa shape index (κ1) is 16.1. The number of aromatic nitrogens is 2. The van der Waals surface area contributed by atoms with E-state index in [1.165, 1.54) is 0 Å². The topological polar surface area (TPSA) is 135 Å². The molecule has 2 rings (SSSR count). The molecule has 0 saturated heterocycles. The van der Waals surface area contributed by atoms with Crippen molar-refractivity contribution >= 4 is 21.7 Å². The van der Waals surface area contributed by atoms with Crippen LogP contribution in [0.4, 0.5) is 0 Å². The van der Waals surface area contributed by atoms with Gasteiger partial charge in [-0.1, -0.05) is 0 Å². The van der Waals surface area contributed by atoms with Crippen LogP contribution in [0.15, 0.2) is 24.5 Å². The lowest BCUT2D eigenvalue weighted by Gasteiger charge is -1.95. The van der Waals surface area contributed by atoms with E-state index in [4.69, 9.17) is 15.4 Å². The standard InChI is InChI=1S/C10H11N3O2.CH4O3S/c11-10(15)7-1-2-9-12-8(3-4-14)6-13(9)5-7;1-5(2,3)4/h1-2,5-6,14H,3-4H2,(H2,11,15);1H3,(H,2,3,4). The fourth-order valence-electron chi connectivity index (χ4n) is 1.43. The van der Waals surface area contributed by atoms with Crippen LogP contribution >= 0.6 is 0 Å². The average Bonchev–Trinajstić information content (AvgIpc) is 2.68. The first-order valence-electron chi connectivity index (χ1n) is 5.51. The average molecular weight is 301 g/mol. The van der Waals surface area contributed by atoms with Gasteiger partial charge in [0.15, 0.2) is 0 Å². The van der Waals surface area contributed by atoms with Gasteiger partial charge < -0.3 is 15.2 Å². The number of carbonyl (C=O) groups is 1. The molecule has 0 unspecified atom stereocenters. The highest BCUT2D eigenvalue weighted by molar-refractivity contribution is 7.85. The summed E-state index contributed by atoms with van der Waals surface area (Å²) in [5.41, 5.74) is 7.13. The summed E-state index contributed by atoms with van der Waals surface area (Å²) in [7, 11) is -3.67. The first-order valence-corrected chi connectivity index (χ1v) is 7.36. The Morgan fingerprint density at radius 3 is 2.50 bits per heavy atom. The molecule has 110 valence electrons. The number of primary amides is 1. The molecule has 9 heteroatoms. The third-order valence-electron chi connectivity index (χ3n) is 2.15. The van der Waals surface area contributed by atoms with E-state index < -0.39 is 16.0 Å². The van der Waals surface area contributed by atoms with Crippen LogP contribution in [-0.2, 0) is 16.5 Å². The Balaban J connectivity index is 0.000000347. The van der Waals surface area contributed by atoms with Gasteiger partial charge in [0.2, 0.25) is 5.91 Å². The summed E-state index contributed by atoms with van der Waals surface area (Å²) in [5.74, 6) is -0.464. The van der Waals surface area contributed by atoms with Crippen LogP contribution in [0.5, 0.6) is 0 Å². The number of aliphatic hydroxyl groups excluding tert-OH is 1. The van der Waals surface area contributed by atoms with E-state index in [-0.39, 0.29) is 6.61 Å². The molecule has 2 aromatic rings. The molecular formula is C11H15N3O5S. The molecule has 0 aliphatic heterocycles. The van der Waals surface area contributed by atoms with Gasteiger partial charge in [0, 0.05) is 25.4 Å². The lowest BCUT2D eigenvalue weighted by Crippen LogP contribution is -2.11. The van der Waals surface area contributed by atoms with Crippen molar-refractivity contribution in [3.05, 3.63) is 35.8 Å². The number of amides is 1. The normalized spacial score (nSPS) is 10.9. The molecule has 0 radical (unpaired) electrons. The molecule has 2 aromatic heterocycles. The molecule has 2 heterocycles. The van der Waals surface area contributed by atoms with Gasteiger partial charge in [0.1, 0.15) is 5.65 Å². The summed E-state index contributed by atoms with van der Waals surface area (Å²) in [6, 6.07) is 3.36. The maximum atomic E-state index is 10.9. The molecule has 0 bridgehead atoms. The van der Waals surface area contributed by atoms with Crippen molar-refractivity contribution in [3.8, 4) is 0 Å². The molecule has 0 aliphatic carbocycles. The monoisotopic (exact) mass is 301 g/mol. The van der Waals surface area contributed by atoms with E-state index in [1.54, 1.807) is 28.9 Å². The lowest BCUT2D eigenvalue weighted by atomic mass is 10.3. The number of pyridine rings is 1. The van der Waals surface area contributed by atoms with Crippen LogP contribution in [0.1, 0.15) is 16.1 Å². The van der Waals surface area contributed by atoms with Crippen molar-refractivity contribution in [1.29, 1.82) is 0 Å². The summed E-state index contributed by atoms with van der Waals surface area (Å²) in [4.78, 5) is 15.2. The van der Waals surface area contributed by atoms with E-state index >= 15 is 0 Å². The number of hydrogen-bond acceptors (Lipinski definition) is 5. The zero-order valence-corrected chi connectivity index (χ0v) is 11.5. The second kappa shape index (κ2) is 6.46. The number of hydrogen-bond donors (Lipinski definition) is 3. The lowest BCUT2D eigenvalue weighted by molar-refractivity contribution is 0.1000. The van der Waals surface area contributed by atoms with E-state index in [0.29, 0.717) is 18.2 Å². The highest BCUT2D eigenvalue weighted by Crippen LogP contribution is 2.07. The third kappa shape index (κ3) is 5.34. The van der Waals surface area contributed by atoms with Crippen LogP contribution in [-0.4, -0.2) is 46.2 Å². The molecule has 0 aromatic carbocycles. The van der Waals surface area contributed by atoms with Gasteiger partial charge in [-0.3, -0.25) is 9.35 Å². The van der Waals surface area contributed by atoms with Crippen LogP contribution in [0.25, 0.3) is 5.65 Å². The minimum atomic E-state index is -3.67. The number of fused-ring (bicyclic) bond motifs is 1. The molecule has 8 nitrogen and oxygen atoms in total. The Labute approximate surface area is 115 Å². The second-order valence-electron chi connectivity index (χ2n) is 3.99. The zero-order chi connectivity index (χ0) is 15.3. The van der Waals surface area contributed by atoms with Gasteiger partial charge in [0.05, 0.1) is 17.5 Å². The molecule has 0 fully saturated rings. The number of nitrogens with two attached hydrogens (primary N) is 1. The Hall–Kier alpha value is -1.97. The molecule has 4 N–H and O–H groups in total. The van der Waals surface area contributed by atoms with Crippen molar-refractivity contribution < 1.29 is 22.9 Å². The smallest absolute Gasteiger partial charge is 0.261 e. The number of imidazole rings is 1. The van der Waals surface area contributed by atoms with Gasteiger partial charge in [-0.2, -0.15) is 8.42 Å². The third-order valence-corrected chi connectivity index (χ3v) is 2.15. The summed E-state index contributed by atoms with van der Waals surface area (Å²) in [6.45, 7) is 0.0621. The number of carbonyl (C=O) groups excluding carboxylic acids is 1. The van der Waals surface area contributed by atoms with Gasteiger partial charge in [-0.15, -0.1) is 0 Å². The molecule has 20 heavy (non-hydrogen) atoms. The van der Waals surface area contributed by atoms with Crippen LogP contribution < -0.4 is 5.73 Å². The molecule has 0 aliphatic rings. The Bertz CT molecular complexity index is 700. The van der Waals surface area contributed by atoms with E-state index in [9.17, 15) is 13.2 Å². The van der Waals surface area contributed by atoms with Gasteiger partial charge in [-0.05, 0) is 12.1 Å². The van der Waals surface area contributed by atoms with E-state index in [1.807, 2.05) is 0 Å². The van der Waals surface area contributed by atoms with Crippen molar-refractivity contribution in [3.63, 3.8) is 0 Å². The maximum absolute atomic E-state index is 10.9. The molecule has 0 atom stereocenters. The van der Waals surface area contributed by atoms with Crippen LogP contribution in [0.3, 0.4) is 0 Å². The highest BCUT2D eigenvalue weighted by Gasteiger charge is 2.04. The number of rotatable bonds is 3. The SMILES string of the molecule is CS(=O)(=O)O.NC(=O)c1ccc2nc(CCO)cn2c1. The predicted octanol–water partition coefficient (Wildman–Crippen LogP) is -0.528. The Morgan fingerprint density at radius 2 is 2.00 bits per heavy atom. The summed E-state index contributed by atoms with van der Waals surface area (Å²) < 4.78 is 27.6. The highest BCUT2D eigenvalue weighted by atomic mass is 32.2. The van der Waals surface area contributed by atoms with Crippen molar-refractivity contribution in [2.75, 3.05) is 12.9 Å². The fourth-order valence-corrected chi connectivity index (χ4v) is 1.43. The Morgan fingerprint density at radius 1 is 1.40 bits per heavy atom. The first-order chi connectivity index (χ1) is 9.20. The summed E-state index contributed by atoms with van der Waals surface area (Å²) in [5, 5.41) is 8.76. The number of nitrogens with zero attached hydrogens (tertiary/aromatic N) is 2. The van der Waals surface area contributed by atoms with Crippen molar-refractivity contribution in [2.45, 2.75) is 6.42 Å². The fraction of sp³-hybridized carbons (Fsp3) is 0.273. The second-order valence-corrected chi connectivity index (χ2v) is 5.45.